The number of halogens is 3. The molecule has 0 bridgehead atoms. The van der Waals surface area contributed by atoms with E-state index in [2.05, 4.69) is 0 Å². The minimum atomic E-state index is -4.25. The SMILES string of the molecule is CC.Cc1ccc(C(F)(F)F)cc1N1CCCC1. The van der Waals surface area contributed by atoms with Gasteiger partial charge in [-0.15, -0.1) is 0 Å². The van der Waals surface area contributed by atoms with Crippen LogP contribution >= 0.6 is 0 Å². The van der Waals surface area contributed by atoms with Gasteiger partial charge in [0.2, 0.25) is 0 Å². The first-order valence-electron chi connectivity index (χ1n) is 6.41. The Kier molecular flexibility index (Phi) is 5.05. The highest BCUT2D eigenvalue weighted by Gasteiger charge is 2.31. The molecule has 0 spiro atoms. The molecule has 1 nitrogen and oxygen atoms in total. The van der Waals surface area contributed by atoms with E-state index in [0.717, 1.165) is 43.2 Å². The molecule has 0 N–H and O–H groups in total. The molecule has 1 heterocycles. The van der Waals surface area contributed by atoms with E-state index in [-0.39, 0.29) is 0 Å². The molecule has 0 unspecified atom stereocenters. The van der Waals surface area contributed by atoms with E-state index in [1.165, 1.54) is 6.07 Å². The quantitative estimate of drug-likeness (QED) is 0.710. The maximum atomic E-state index is 12.6. The van der Waals surface area contributed by atoms with E-state index in [9.17, 15) is 13.2 Å². The average Bonchev–Trinajstić information content (AvgIpc) is 2.84. The van der Waals surface area contributed by atoms with Crippen LogP contribution in [-0.4, -0.2) is 13.1 Å². The summed E-state index contributed by atoms with van der Waals surface area (Å²) in [6.07, 6.45) is -2.12. The molecule has 0 atom stereocenters. The van der Waals surface area contributed by atoms with Crippen molar-refractivity contribution in [2.45, 2.75) is 39.8 Å². The van der Waals surface area contributed by atoms with E-state index >= 15 is 0 Å². The van der Waals surface area contributed by atoms with Gasteiger partial charge in [0.05, 0.1) is 5.56 Å². The van der Waals surface area contributed by atoms with Crippen molar-refractivity contribution in [1.29, 1.82) is 0 Å². The molecule has 0 radical (unpaired) electrons. The van der Waals surface area contributed by atoms with Crippen LogP contribution in [0.5, 0.6) is 0 Å². The smallest absolute Gasteiger partial charge is 0.371 e. The maximum absolute atomic E-state index is 12.6. The number of aryl methyl sites for hydroxylation is 1. The summed E-state index contributed by atoms with van der Waals surface area (Å²) in [5.74, 6) is 0. The molecule has 1 fully saturated rings. The molecule has 1 aromatic carbocycles. The Balaban J connectivity index is 0.000000771. The van der Waals surface area contributed by atoms with Crippen LogP contribution in [0.25, 0.3) is 0 Å². The summed E-state index contributed by atoms with van der Waals surface area (Å²) >= 11 is 0. The normalized spacial score (nSPS) is 15.3. The topological polar surface area (TPSA) is 3.24 Å². The van der Waals surface area contributed by atoms with Gasteiger partial charge >= 0.3 is 6.18 Å². The van der Waals surface area contributed by atoms with Crippen molar-refractivity contribution >= 4 is 5.69 Å². The minimum Gasteiger partial charge on any atom is -0.371 e. The molecule has 1 aliphatic rings. The number of rotatable bonds is 1. The maximum Gasteiger partial charge on any atom is 0.416 e. The van der Waals surface area contributed by atoms with Gasteiger partial charge in [0.25, 0.3) is 0 Å². The Labute approximate surface area is 107 Å². The molecular weight excluding hydrogens is 239 g/mol. The van der Waals surface area contributed by atoms with Crippen LogP contribution < -0.4 is 4.90 Å². The average molecular weight is 259 g/mol. The zero-order valence-electron chi connectivity index (χ0n) is 11.1. The number of hydrogen-bond acceptors (Lipinski definition) is 1. The third kappa shape index (κ3) is 3.40. The molecule has 0 saturated carbocycles. The second-order valence-corrected chi connectivity index (χ2v) is 4.19. The fraction of sp³-hybridized carbons (Fsp3) is 0.571. The lowest BCUT2D eigenvalue weighted by molar-refractivity contribution is -0.137. The fourth-order valence-corrected chi connectivity index (χ4v) is 2.08. The van der Waals surface area contributed by atoms with Crippen LogP contribution in [0.4, 0.5) is 18.9 Å². The van der Waals surface area contributed by atoms with Crippen LogP contribution in [0.2, 0.25) is 0 Å². The minimum absolute atomic E-state index is 0.556. The summed E-state index contributed by atoms with van der Waals surface area (Å²) < 4.78 is 37.7. The van der Waals surface area contributed by atoms with Crippen molar-refractivity contribution in [1.82, 2.24) is 0 Å². The number of hydrogen-bond donors (Lipinski definition) is 0. The van der Waals surface area contributed by atoms with Gasteiger partial charge in [0.1, 0.15) is 0 Å². The Morgan fingerprint density at radius 1 is 1.06 bits per heavy atom. The highest BCUT2D eigenvalue weighted by Crippen LogP contribution is 2.34. The highest BCUT2D eigenvalue weighted by molar-refractivity contribution is 5.56. The summed E-state index contributed by atoms with van der Waals surface area (Å²) in [5.41, 5.74) is 1.09. The zero-order valence-corrected chi connectivity index (χ0v) is 11.1. The third-order valence-electron chi connectivity index (χ3n) is 2.98. The zero-order chi connectivity index (χ0) is 13.8. The first-order valence-corrected chi connectivity index (χ1v) is 6.41. The lowest BCUT2D eigenvalue weighted by atomic mass is 10.1. The fourth-order valence-electron chi connectivity index (χ4n) is 2.08. The molecule has 0 aromatic heterocycles. The van der Waals surface area contributed by atoms with Crippen molar-refractivity contribution in [2.75, 3.05) is 18.0 Å². The molecule has 1 saturated heterocycles. The van der Waals surface area contributed by atoms with Gasteiger partial charge in [-0.1, -0.05) is 19.9 Å². The summed E-state index contributed by atoms with van der Waals surface area (Å²) in [6.45, 7) is 7.58. The second-order valence-electron chi connectivity index (χ2n) is 4.19. The van der Waals surface area contributed by atoms with Crippen molar-refractivity contribution in [3.63, 3.8) is 0 Å². The van der Waals surface area contributed by atoms with Crippen LogP contribution in [-0.2, 0) is 6.18 Å². The van der Waals surface area contributed by atoms with Crippen molar-refractivity contribution in [3.8, 4) is 0 Å². The van der Waals surface area contributed by atoms with Gasteiger partial charge in [-0.2, -0.15) is 13.2 Å². The first kappa shape index (κ1) is 14.9. The van der Waals surface area contributed by atoms with E-state index in [4.69, 9.17) is 0 Å². The Hall–Kier alpha value is -1.19. The van der Waals surface area contributed by atoms with E-state index in [1.54, 1.807) is 6.07 Å². The number of alkyl halides is 3. The summed E-state index contributed by atoms with van der Waals surface area (Å²) in [5, 5.41) is 0. The summed E-state index contributed by atoms with van der Waals surface area (Å²) in [6, 6.07) is 3.96. The van der Waals surface area contributed by atoms with Gasteiger partial charge in [-0.25, -0.2) is 0 Å². The molecule has 102 valence electrons. The van der Waals surface area contributed by atoms with E-state index < -0.39 is 11.7 Å². The monoisotopic (exact) mass is 259 g/mol. The van der Waals surface area contributed by atoms with Gasteiger partial charge in [0, 0.05) is 18.8 Å². The predicted molar refractivity (Wildman–Crippen MR) is 69.0 cm³/mol. The van der Waals surface area contributed by atoms with Gasteiger partial charge in [-0.3, -0.25) is 0 Å². The predicted octanol–water partition coefficient (Wildman–Crippen LogP) is 4.64. The Morgan fingerprint density at radius 2 is 1.61 bits per heavy atom. The van der Waals surface area contributed by atoms with Gasteiger partial charge < -0.3 is 4.90 Å². The van der Waals surface area contributed by atoms with Crippen LogP contribution in [0.3, 0.4) is 0 Å². The lowest BCUT2D eigenvalue weighted by Crippen LogP contribution is -2.19. The molecule has 0 amide bonds. The Bertz CT molecular complexity index is 379. The first-order chi connectivity index (χ1) is 8.48. The van der Waals surface area contributed by atoms with Crippen LogP contribution in [0, 0.1) is 6.92 Å². The lowest BCUT2D eigenvalue weighted by Gasteiger charge is -2.21. The van der Waals surface area contributed by atoms with Crippen LogP contribution in [0.15, 0.2) is 18.2 Å². The molecule has 1 aromatic rings. The van der Waals surface area contributed by atoms with E-state index in [0.29, 0.717) is 0 Å². The second kappa shape index (κ2) is 6.12. The number of benzene rings is 1. The van der Waals surface area contributed by atoms with Gasteiger partial charge in [0.15, 0.2) is 0 Å². The van der Waals surface area contributed by atoms with Crippen molar-refractivity contribution in [3.05, 3.63) is 29.3 Å². The molecular formula is C14H20F3N. The number of nitrogens with zero attached hydrogens (tertiary/aromatic N) is 1. The number of anilines is 1. The summed E-state index contributed by atoms with van der Waals surface area (Å²) in [7, 11) is 0. The molecule has 2 rings (SSSR count). The summed E-state index contributed by atoms with van der Waals surface area (Å²) in [4.78, 5) is 2.03. The van der Waals surface area contributed by atoms with Gasteiger partial charge in [-0.05, 0) is 37.5 Å². The van der Waals surface area contributed by atoms with Crippen LogP contribution in [0.1, 0.15) is 37.8 Å². The Morgan fingerprint density at radius 3 is 2.11 bits per heavy atom. The molecule has 18 heavy (non-hydrogen) atoms. The largest absolute Gasteiger partial charge is 0.416 e. The van der Waals surface area contributed by atoms with Crippen molar-refractivity contribution < 1.29 is 13.2 Å². The third-order valence-corrected chi connectivity index (χ3v) is 2.98. The van der Waals surface area contributed by atoms with E-state index in [1.807, 2.05) is 25.7 Å². The standard InChI is InChI=1S/C12H14F3N.C2H6/c1-9-4-5-10(12(13,14)15)8-11(9)16-6-2-3-7-16;1-2/h4-5,8H,2-3,6-7H2,1H3;1-2H3. The highest BCUT2D eigenvalue weighted by atomic mass is 19.4. The van der Waals surface area contributed by atoms with Crippen molar-refractivity contribution in [2.24, 2.45) is 0 Å². The molecule has 1 aliphatic heterocycles. The molecule has 0 aliphatic carbocycles. The molecule has 4 heteroatoms.